The van der Waals surface area contributed by atoms with E-state index in [-0.39, 0.29) is 5.97 Å². The molecule has 4 nitrogen and oxygen atoms in total. The summed E-state index contributed by atoms with van der Waals surface area (Å²) in [5, 5.41) is 0.942. The molecule has 1 heterocycles. The first kappa shape index (κ1) is 10.5. The van der Waals surface area contributed by atoms with Gasteiger partial charge in [-0.15, -0.1) is 0 Å². The van der Waals surface area contributed by atoms with E-state index in [0.717, 1.165) is 16.6 Å². The molecule has 4 heteroatoms. The number of carbonyl (C=O) groups excluding carboxylic acids is 1. The molecule has 1 N–H and O–H groups in total. The van der Waals surface area contributed by atoms with Crippen LogP contribution in [0.2, 0.25) is 0 Å². The lowest BCUT2D eigenvalue weighted by molar-refractivity contribution is 0.0600. The maximum atomic E-state index is 11.4. The molecule has 1 aromatic heterocycles. The largest absolute Gasteiger partial charge is 0.495 e. The van der Waals surface area contributed by atoms with Crippen molar-refractivity contribution in [2.45, 2.75) is 6.92 Å². The first-order valence-electron chi connectivity index (χ1n) is 4.91. The fraction of sp³-hybridized carbons (Fsp3) is 0.250. The second-order valence-electron chi connectivity index (χ2n) is 3.59. The van der Waals surface area contributed by atoms with Gasteiger partial charge in [0.05, 0.1) is 25.3 Å². The Balaban J connectivity index is 2.67. The van der Waals surface area contributed by atoms with Gasteiger partial charge in [0.2, 0.25) is 0 Å². The fourth-order valence-electron chi connectivity index (χ4n) is 1.75. The predicted octanol–water partition coefficient (Wildman–Crippen LogP) is 2.27. The highest BCUT2D eigenvalue weighted by Gasteiger charge is 2.12. The van der Waals surface area contributed by atoms with Gasteiger partial charge in [0.1, 0.15) is 5.75 Å². The van der Waals surface area contributed by atoms with Crippen molar-refractivity contribution < 1.29 is 14.3 Å². The smallest absolute Gasteiger partial charge is 0.338 e. The minimum absolute atomic E-state index is 0.362. The van der Waals surface area contributed by atoms with Crippen LogP contribution >= 0.6 is 0 Å². The van der Waals surface area contributed by atoms with Crippen LogP contribution in [0.3, 0.4) is 0 Å². The van der Waals surface area contributed by atoms with Crippen molar-refractivity contribution in [3.63, 3.8) is 0 Å². The molecule has 0 radical (unpaired) electrons. The third-order valence-electron chi connectivity index (χ3n) is 2.47. The average Bonchev–Trinajstić information content (AvgIpc) is 2.66. The van der Waals surface area contributed by atoms with Crippen molar-refractivity contribution in [1.29, 1.82) is 0 Å². The number of fused-ring (bicyclic) bond motifs is 1. The molecule has 0 saturated carbocycles. The van der Waals surface area contributed by atoms with Crippen LogP contribution in [0.15, 0.2) is 18.2 Å². The van der Waals surface area contributed by atoms with E-state index in [1.54, 1.807) is 19.2 Å². The Morgan fingerprint density at radius 2 is 2.00 bits per heavy atom. The van der Waals surface area contributed by atoms with E-state index in [0.29, 0.717) is 11.3 Å². The number of aromatic nitrogens is 1. The number of rotatable bonds is 2. The molecule has 0 amide bonds. The first-order valence-corrected chi connectivity index (χ1v) is 4.91. The summed E-state index contributed by atoms with van der Waals surface area (Å²) in [5.41, 5.74) is 2.41. The zero-order valence-electron chi connectivity index (χ0n) is 9.46. The number of esters is 1. The Hall–Kier alpha value is -1.97. The third-order valence-corrected chi connectivity index (χ3v) is 2.47. The molecule has 0 fully saturated rings. The van der Waals surface area contributed by atoms with E-state index in [2.05, 4.69) is 9.72 Å². The van der Waals surface area contributed by atoms with E-state index < -0.39 is 0 Å². The summed E-state index contributed by atoms with van der Waals surface area (Å²) in [6.07, 6.45) is 0. The quantitative estimate of drug-likeness (QED) is 0.788. The molecular formula is C12H13NO3. The molecule has 84 valence electrons. The van der Waals surface area contributed by atoms with Gasteiger partial charge in [0, 0.05) is 11.1 Å². The minimum Gasteiger partial charge on any atom is -0.495 e. The zero-order valence-corrected chi connectivity index (χ0v) is 9.46. The van der Waals surface area contributed by atoms with Gasteiger partial charge < -0.3 is 14.5 Å². The lowest BCUT2D eigenvalue weighted by Gasteiger charge is -2.05. The SMILES string of the molecule is COC(=O)c1cc(OC)c2[nH]c(C)cc2c1. The van der Waals surface area contributed by atoms with Crippen LogP contribution in [0, 0.1) is 6.92 Å². The number of ether oxygens (including phenoxy) is 2. The summed E-state index contributed by atoms with van der Waals surface area (Å²) >= 11 is 0. The summed E-state index contributed by atoms with van der Waals surface area (Å²) in [6.45, 7) is 1.96. The van der Waals surface area contributed by atoms with E-state index in [9.17, 15) is 4.79 Å². The van der Waals surface area contributed by atoms with Crippen LogP contribution in [0.25, 0.3) is 10.9 Å². The normalized spacial score (nSPS) is 10.4. The standard InChI is InChI=1S/C12H13NO3/c1-7-4-8-5-9(12(14)16-3)6-10(15-2)11(8)13-7/h4-6,13H,1-3H3. The summed E-state index contributed by atoms with van der Waals surface area (Å²) in [5.74, 6) is 0.282. The molecule has 0 saturated heterocycles. The lowest BCUT2D eigenvalue weighted by atomic mass is 10.1. The van der Waals surface area contributed by atoms with Gasteiger partial charge in [-0.05, 0) is 25.1 Å². The van der Waals surface area contributed by atoms with Crippen LogP contribution < -0.4 is 4.74 Å². The Labute approximate surface area is 93.2 Å². The molecule has 0 atom stereocenters. The molecule has 0 aliphatic rings. The molecule has 2 aromatic rings. The van der Waals surface area contributed by atoms with Gasteiger partial charge in [-0.25, -0.2) is 4.79 Å². The van der Waals surface area contributed by atoms with Crippen LogP contribution in [0.5, 0.6) is 5.75 Å². The van der Waals surface area contributed by atoms with Crippen LogP contribution in [-0.2, 0) is 4.74 Å². The van der Waals surface area contributed by atoms with Gasteiger partial charge in [-0.1, -0.05) is 0 Å². The van der Waals surface area contributed by atoms with Gasteiger partial charge >= 0.3 is 5.97 Å². The molecule has 0 spiro atoms. The van der Waals surface area contributed by atoms with E-state index in [1.807, 2.05) is 13.0 Å². The van der Waals surface area contributed by atoms with Crippen LogP contribution in [0.4, 0.5) is 0 Å². The van der Waals surface area contributed by atoms with Crippen molar-refractivity contribution in [2.24, 2.45) is 0 Å². The van der Waals surface area contributed by atoms with Crippen molar-refractivity contribution >= 4 is 16.9 Å². The molecule has 16 heavy (non-hydrogen) atoms. The summed E-state index contributed by atoms with van der Waals surface area (Å²) in [7, 11) is 2.94. The second kappa shape index (κ2) is 3.89. The summed E-state index contributed by atoms with van der Waals surface area (Å²) in [4.78, 5) is 14.6. The lowest BCUT2D eigenvalue weighted by Crippen LogP contribution is -2.01. The topological polar surface area (TPSA) is 51.3 Å². The summed E-state index contributed by atoms with van der Waals surface area (Å²) < 4.78 is 9.92. The molecule has 1 aromatic carbocycles. The fourth-order valence-corrected chi connectivity index (χ4v) is 1.75. The number of hydrogen-bond donors (Lipinski definition) is 1. The van der Waals surface area contributed by atoms with Crippen molar-refractivity contribution in [2.75, 3.05) is 14.2 Å². The number of carbonyl (C=O) groups is 1. The highest BCUT2D eigenvalue weighted by atomic mass is 16.5. The minimum atomic E-state index is -0.362. The second-order valence-corrected chi connectivity index (χ2v) is 3.59. The Morgan fingerprint density at radius 3 is 2.62 bits per heavy atom. The van der Waals surface area contributed by atoms with Crippen molar-refractivity contribution in [3.8, 4) is 5.75 Å². The number of methoxy groups -OCH3 is 2. The predicted molar refractivity (Wildman–Crippen MR) is 60.9 cm³/mol. The number of aromatic amines is 1. The van der Waals surface area contributed by atoms with E-state index >= 15 is 0 Å². The Kier molecular flexibility index (Phi) is 2.56. The Morgan fingerprint density at radius 1 is 1.25 bits per heavy atom. The molecule has 2 rings (SSSR count). The van der Waals surface area contributed by atoms with Gasteiger partial charge in [-0.3, -0.25) is 0 Å². The Bertz CT molecular complexity index is 542. The number of nitrogens with one attached hydrogen (secondary N) is 1. The van der Waals surface area contributed by atoms with Crippen molar-refractivity contribution in [3.05, 3.63) is 29.5 Å². The molecule has 0 unspecified atom stereocenters. The first-order chi connectivity index (χ1) is 7.65. The zero-order chi connectivity index (χ0) is 11.7. The highest BCUT2D eigenvalue weighted by molar-refractivity contribution is 5.97. The number of hydrogen-bond acceptors (Lipinski definition) is 3. The molecule has 0 bridgehead atoms. The van der Waals surface area contributed by atoms with E-state index in [4.69, 9.17) is 4.74 Å². The molecule has 0 aliphatic carbocycles. The van der Waals surface area contributed by atoms with Crippen LogP contribution in [0.1, 0.15) is 16.1 Å². The molecular weight excluding hydrogens is 206 g/mol. The maximum Gasteiger partial charge on any atom is 0.338 e. The van der Waals surface area contributed by atoms with E-state index in [1.165, 1.54) is 7.11 Å². The van der Waals surface area contributed by atoms with Crippen molar-refractivity contribution in [1.82, 2.24) is 4.98 Å². The summed E-state index contributed by atoms with van der Waals surface area (Å²) in [6, 6.07) is 5.42. The number of aryl methyl sites for hydroxylation is 1. The van der Waals surface area contributed by atoms with Crippen LogP contribution in [-0.4, -0.2) is 25.2 Å². The number of benzene rings is 1. The average molecular weight is 219 g/mol. The highest BCUT2D eigenvalue weighted by Crippen LogP contribution is 2.27. The van der Waals surface area contributed by atoms with Gasteiger partial charge in [0.15, 0.2) is 0 Å². The maximum absolute atomic E-state index is 11.4. The van der Waals surface area contributed by atoms with Gasteiger partial charge in [-0.2, -0.15) is 0 Å². The number of H-pyrrole nitrogens is 1. The monoisotopic (exact) mass is 219 g/mol. The third kappa shape index (κ3) is 1.62. The molecule has 0 aliphatic heterocycles. The van der Waals surface area contributed by atoms with Gasteiger partial charge in [0.25, 0.3) is 0 Å².